The minimum atomic E-state index is -0.138. The van der Waals surface area contributed by atoms with Gasteiger partial charge in [-0.15, -0.1) is 0 Å². The molecule has 0 spiro atoms. The summed E-state index contributed by atoms with van der Waals surface area (Å²) in [6.07, 6.45) is 0.372. The Balaban J connectivity index is 2.51. The van der Waals surface area contributed by atoms with Gasteiger partial charge in [0, 0.05) is 5.69 Å². The lowest BCUT2D eigenvalue weighted by molar-refractivity contribution is -0.150. The van der Waals surface area contributed by atoms with Gasteiger partial charge in [-0.3, -0.25) is 4.79 Å². The third-order valence-corrected chi connectivity index (χ3v) is 3.23. The second-order valence-electron chi connectivity index (χ2n) is 5.21. The van der Waals surface area contributed by atoms with Crippen molar-refractivity contribution in [2.24, 2.45) is 5.92 Å². The first kappa shape index (κ1) is 14.6. The summed E-state index contributed by atoms with van der Waals surface area (Å²) in [5.41, 5.74) is 7.48. The molecule has 1 rings (SSSR count). The summed E-state index contributed by atoms with van der Waals surface area (Å²) >= 11 is 0. The number of carbonyl (C=O) groups is 1. The van der Waals surface area contributed by atoms with Gasteiger partial charge in [-0.25, -0.2) is 0 Å². The van der Waals surface area contributed by atoms with E-state index in [9.17, 15) is 4.79 Å². The van der Waals surface area contributed by atoms with Crippen LogP contribution in [0.25, 0.3) is 0 Å². The molecule has 2 atom stereocenters. The molecule has 0 saturated heterocycles. The van der Waals surface area contributed by atoms with Gasteiger partial charge in [-0.1, -0.05) is 32.9 Å². The van der Waals surface area contributed by atoms with Crippen LogP contribution in [0.2, 0.25) is 0 Å². The van der Waals surface area contributed by atoms with Crippen molar-refractivity contribution in [3.63, 3.8) is 0 Å². The van der Waals surface area contributed by atoms with Gasteiger partial charge in [-0.05, 0) is 36.5 Å². The maximum absolute atomic E-state index is 11.8. The monoisotopic (exact) mass is 249 g/mol. The van der Waals surface area contributed by atoms with Gasteiger partial charge in [0.15, 0.2) is 0 Å². The van der Waals surface area contributed by atoms with E-state index in [0.29, 0.717) is 12.3 Å². The zero-order chi connectivity index (χ0) is 13.7. The molecule has 0 saturated carbocycles. The molecule has 0 aliphatic rings. The standard InChI is InChI=1S/C15H23NO2/c1-10(2)12(4)18-15(17)9-11(3)13-5-7-14(16)8-6-13/h5-8,10-12H,9,16H2,1-4H3. The number of nitrogen functional groups attached to an aromatic ring is 1. The van der Waals surface area contributed by atoms with E-state index < -0.39 is 0 Å². The molecule has 100 valence electrons. The molecule has 0 aliphatic heterocycles. The highest BCUT2D eigenvalue weighted by atomic mass is 16.5. The summed E-state index contributed by atoms with van der Waals surface area (Å²) in [6.45, 7) is 8.03. The van der Waals surface area contributed by atoms with Crippen LogP contribution in [-0.2, 0) is 9.53 Å². The maximum atomic E-state index is 11.8. The number of carbonyl (C=O) groups excluding carboxylic acids is 1. The number of rotatable bonds is 5. The van der Waals surface area contributed by atoms with Crippen LogP contribution in [0.1, 0.15) is 45.6 Å². The first-order chi connectivity index (χ1) is 8.40. The Bertz CT molecular complexity index is 384. The first-order valence-electron chi connectivity index (χ1n) is 6.45. The number of ether oxygens (including phenoxy) is 1. The smallest absolute Gasteiger partial charge is 0.306 e. The Morgan fingerprint density at radius 2 is 1.72 bits per heavy atom. The molecule has 0 fully saturated rings. The van der Waals surface area contributed by atoms with Crippen LogP contribution in [0.5, 0.6) is 0 Å². The molecule has 1 aromatic carbocycles. The molecular weight excluding hydrogens is 226 g/mol. The molecule has 0 aromatic heterocycles. The molecule has 0 heterocycles. The van der Waals surface area contributed by atoms with Gasteiger partial charge >= 0.3 is 5.97 Å². The quantitative estimate of drug-likeness (QED) is 0.643. The normalized spacial score (nSPS) is 14.3. The van der Waals surface area contributed by atoms with Gasteiger partial charge < -0.3 is 10.5 Å². The lowest BCUT2D eigenvalue weighted by Crippen LogP contribution is -2.21. The minimum Gasteiger partial charge on any atom is -0.462 e. The van der Waals surface area contributed by atoms with E-state index in [-0.39, 0.29) is 18.0 Å². The Morgan fingerprint density at radius 3 is 2.22 bits per heavy atom. The molecular formula is C15H23NO2. The number of anilines is 1. The SMILES string of the molecule is CC(CC(=O)OC(C)C(C)C)c1ccc(N)cc1. The zero-order valence-electron chi connectivity index (χ0n) is 11.6. The fourth-order valence-corrected chi connectivity index (χ4v) is 1.58. The Labute approximate surface area is 109 Å². The van der Waals surface area contributed by atoms with Crippen LogP contribution < -0.4 is 5.73 Å². The third-order valence-electron chi connectivity index (χ3n) is 3.23. The topological polar surface area (TPSA) is 52.3 Å². The van der Waals surface area contributed by atoms with Crippen LogP contribution in [0, 0.1) is 5.92 Å². The van der Waals surface area contributed by atoms with Crippen molar-refractivity contribution >= 4 is 11.7 Å². The fourth-order valence-electron chi connectivity index (χ4n) is 1.58. The second-order valence-corrected chi connectivity index (χ2v) is 5.21. The van der Waals surface area contributed by atoms with Gasteiger partial charge in [0.25, 0.3) is 0 Å². The van der Waals surface area contributed by atoms with Crippen molar-refractivity contribution in [1.82, 2.24) is 0 Å². The molecule has 0 bridgehead atoms. The van der Waals surface area contributed by atoms with Crippen LogP contribution in [0.15, 0.2) is 24.3 Å². The van der Waals surface area contributed by atoms with E-state index in [1.165, 1.54) is 0 Å². The average Bonchev–Trinajstić information content (AvgIpc) is 2.29. The third kappa shape index (κ3) is 4.40. The molecule has 3 heteroatoms. The highest BCUT2D eigenvalue weighted by Gasteiger charge is 2.16. The highest BCUT2D eigenvalue weighted by Crippen LogP contribution is 2.21. The van der Waals surface area contributed by atoms with Crippen molar-refractivity contribution in [3.8, 4) is 0 Å². The van der Waals surface area contributed by atoms with E-state index in [1.54, 1.807) is 0 Å². The Kier molecular flexibility index (Phi) is 5.20. The lowest BCUT2D eigenvalue weighted by Gasteiger charge is -2.18. The van der Waals surface area contributed by atoms with Crippen molar-refractivity contribution in [1.29, 1.82) is 0 Å². The average molecular weight is 249 g/mol. The first-order valence-corrected chi connectivity index (χ1v) is 6.45. The lowest BCUT2D eigenvalue weighted by atomic mass is 9.97. The van der Waals surface area contributed by atoms with E-state index in [0.717, 1.165) is 11.3 Å². The van der Waals surface area contributed by atoms with Crippen molar-refractivity contribution in [2.45, 2.75) is 46.1 Å². The fraction of sp³-hybridized carbons (Fsp3) is 0.533. The van der Waals surface area contributed by atoms with Crippen LogP contribution >= 0.6 is 0 Å². The summed E-state index contributed by atoms with van der Waals surface area (Å²) < 4.78 is 5.36. The van der Waals surface area contributed by atoms with E-state index in [1.807, 2.05) is 52.0 Å². The predicted octanol–water partition coefficient (Wildman–Crippen LogP) is 3.35. The number of hydrogen-bond donors (Lipinski definition) is 1. The van der Waals surface area contributed by atoms with Gasteiger partial charge in [0.2, 0.25) is 0 Å². The Hall–Kier alpha value is -1.51. The maximum Gasteiger partial charge on any atom is 0.306 e. The number of benzene rings is 1. The van der Waals surface area contributed by atoms with Crippen LogP contribution in [0.3, 0.4) is 0 Å². The second kappa shape index (κ2) is 6.43. The van der Waals surface area contributed by atoms with E-state index >= 15 is 0 Å². The zero-order valence-corrected chi connectivity index (χ0v) is 11.6. The van der Waals surface area contributed by atoms with Gasteiger partial charge in [-0.2, -0.15) is 0 Å². The molecule has 2 N–H and O–H groups in total. The Morgan fingerprint density at radius 1 is 1.17 bits per heavy atom. The molecule has 0 aliphatic carbocycles. The van der Waals surface area contributed by atoms with E-state index in [4.69, 9.17) is 10.5 Å². The summed E-state index contributed by atoms with van der Waals surface area (Å²) in [6, 6.07) is 7.63. The molecule has 3 nitrogen and oxygen atoms in total. The number of esters is 1. The molecule has 18 heavy (non-hydrogen) atoms. The van der Waals surface area contributed by atoms with Crippen LogP contribution in [0.4, 0.5) is 5.69 Å². The summed E-state index contributed by atoms with van der Waals surface area (Å²) in [4.78, 5) is 11.8. The highest BCUT2D eigenvalue weighted by molar-refractivity contribution is 5.70. The number of hydrogen-bond acceptors (Lipinski definition) is 3. The predicted molar refractivity (Wildman–Crippen MR) is 74.3 cm³/mol. The largest absolute Gasteiger partial charge is 0.462 e. The van der Waals surface area contributed by atoms with Crippen molar-refractivity contribution < 1.29 is 9.53 Å². The molecule has 0 radical (unpaired) electrons. The van der Waals surface area contributed by atoms with E-state index in [2.05, 4.69) is 0 Å². The van der Waals surface area contributed by atoms with Gasteiger partial charge in [0.05, 0.1) is 6.42 Å². The molecule has 0 amide bonds. The van der Waals surface area contributed by atoms with Crippen molar-refractivity contribution in [3.05, 3.63) is 29.8 Å². The summed E-state index contributed by atoms with van der Waals surface area (Å²) in [5.74, 6) is 0.360. The summed E-state index contributed by atoms with van der Waals surface area (Å²) in [7, 11) is 0. The number of nitrogens with two attached hydrogens (primary N) is 1. The minimum absolute atomic E-state index is 0.0314. The van der Waals surface area contributed by atoms with Crippen LogP contribution in [-0.4, -0.2) is 12.1 Å². The molecule has 2 unspecified atom stereocenters. The van der Waals surface area contributed by atoms with Gasteiger partial charge in [0.1, 0.15) is 6.10 Å². The van der Waals surface area contributed by atoms with Crippen molar-refractivity contribution in [2.75, 3.05) is 5.73 Å². The summed E-state index contributed by atoms with van der Waals surface area (Å²) in [5, 5.41) is 0. The molecule has 1 aromatic rings.